The van der Waals surface area contributed by atoms with E-state index in [1.165, 1.54) is 0 Å². The molecule has 2 aromatic carbocycles. The van der Waals surface area contributed by atoms with Gasteiger partial charge in [0.05, 0.1) is 6.10 Å². The van der Waals surface area contributed by atoms with Gasteiger partial charge in [0.25, 0.3) is 5.91 Å². The van der Waals surface area contributed by atoms with Crippen LogP contribution in [0, 0.1) is 0 Å². The van der Waals surface area contributed by atoms with E-state index < -0.39 is 6.10 Å². The summed E-state index contributed by atoms with van der Waals surface area (Å²) in [4.78, 5) is 14.2. The highest BCUT2D eigenvalue weighted by Crippen LogP contribution is 2.11. The number of rotatable bonds is 6. The van der Waals surface area contributed by atoms with Gasteiger partial charge in [0, 0.05) is 18.7 Å². The van der Waals surface area contributed by atoms with Crippen molar-refractivity contribution in [1.29, 1.82) is 0 Å². The third kappa shape index (κ3) is 4.69. The smallest absolute Gasteiger partial charge is 0.251 e. The Morgan fingerprint density at radius 2 is 1.73 bits per heavy atom. The third-order valence-corrected chi connectivity index (χ3v) is 3.36. The third-order valence-electron chi connectivity index (χ3n) is 3.36. The van der Waals surface area contributed by atoms with Crippen molar-refractivity contribution in [2.45, 2.75) is 12.6 Å². The normalized spacial score (nSPS) is 12.2. The van der Waals surface area contributed by atoms with Crippen molar-refractivity contribution in [3.63, 3.8) is 0 Å². The molecule has 2 aromatic rings. The molecule has 22 heavy (non-hydrogen) atoms. The minimum atomic E-state index is -0.696. The van der Waals surface area contributed by atoms with Gasteiger partial charge in [0.1, 0.15) is 0 Å². The van der Waals surface area contributed by atoms with Crippen LogP contribution in [-0.2, 0) is 6.54 Å². The fraction of sp³-hybridized carbons (Fsp3) is 0.278. The second-order valence-electron chi connectivity index (χ2n) is 5.57. The molecule has 0 aromatic heterocycles. The van der Waals surface area contributed by atoms with Gasteiger partial charge in [-0.05, 0) is 37.4 Å². The minimum absolute atomic E-state index is 0.175. The highest BCUT2D eigenvalue weighted by atomic mass is 16.3. The number of benzene rings is 2. The summed E-state index contributed by atoms with van der Waals surface area (Å²) in [6, 6.07) is 16.8. The monoisotopic (exact) mass is 298 g/mol. The lowest BCUT2D eigenvalue weighted by molar-refractivity contribution is 0.0916. The molecule has 0 aliphatic rings. The maximum Gasteiger partial charge on any atom is 0.251 e. The fourth-order valence-corrected chi connectivity index (χ4v) is 2.21. The number of nitrogens with one attached hydrogen (secondary N) is 1. The Kier molecular flexibility index (Phi) is 5.69. The Bertz CT molecular complexity index is 594. The number of carbonyl (C=O) groups is 1. The molecular weight excluding hydrogens is 276 g/mol. The SMILES string of the molecule is CN(C)Cc1ccc(C(=O)NCC(O)c2ccccc2)cc1. The van der Waals surface area contributed by atoms with Crippen molar-refractivity contribution in [3.8, 4) is 0 Å². The van der Waals surface area contributed by atoms with Crippen molar-refractivity contribution >= 4 is 5.91 Å². The molecule has 0 saturated carbocycles. The van der Waals surface area contributed by atoms with E-state index in [9.17, 15) is 9.90 Å². The van der Waals surface area contributed by atoms with Crippen LogP contribution in [0.3, 0.4) is 0 Å². The molecule has 0 heterocycles. The van der Waals surface area contributed by atoms with Crippen LogP contribution < -0.4 is 5.32 Å². The van der Waals surface area contributed by atoms with E-state index in [2.05, 4.69) is 10.2 Å². The van der Waals surface area contributed by atoms with Gasteiger partial charge in [-0.3, -0.25) is 4.79 Å². The van der Waals surface area contributed by atoms with Gasteiger partial charge in [-0.2, -0.15) is 0 Å². The first-order valence-corrected chi connectivity index (χ1v) is 7.31. The number of aliphatic hydroxyl groups excluding tert-OH is 1. The summed E-state index contributed by atoms with van der Waals surface area (Å²) in [6.07, 6.45) is -0.696. The van der Waals surface area contributed by atoms with E-state index in [1.807, 2.05) is 68.7 Å². The second-order valence-corrected chi connectivity index (χ2v) is 5.57. The van der Waals surface area contributed by atoms with Crippen LogP contribution in [0.1, 0.15) is 27.6 Å². The van der Waals surface area contributed by atoms with Gasteiger partial charge < -0.3 is 15.3 Å². The van der Waals surface area contributed by atoms with E-state index in [-0.39, 0.29) is 12.5 Å². The summed E-state index contributed by atoms with van der Waals surface area (Å²) < 4.78 is 0. The lowest BCUT2D eigenvalue weighted by atomic mass is 10.1. The van der Waals surface area contributed by atoms with Crippen LogP contribution in [0.2, 0.25) is 0 Å². The molecule has 1 unspecified atom stereocenters. The maximum absolute atomic E-state index is 12.1. The molecule has 0 bridgehead atoms. The average Bonchev–Trinajstić information content (AvgIpc) is 2.53. The van der Waals surface area contributed by atoms with Gasteiger partial charge in [-0.25, -0.2) is 0 Å². The van der Waals surface area contributed by atoms with E-state index in [0.717, 1.165) is 17.7 Å². The molecule has 0 aliphatic carbocycles. The number of nitrogens with zero attached hydrogens (tertiary/aromatic N) is 1. The van der Waals surface area contributed by atoms with E-state index >= 15 is 0 Å². The first kappa shape index (κ1) is 16.2. The Hall–Kier alpha value is -2.17. The fourth-order valence-electron chi connectivity index (χ4n) is 2.21. The van der Waals surface area contributed by atoms with Crippen molar-refractivity contribution < 1.29 is 9.90 Å². The molecule has 2 N–H and O–H groups in total. The average molecular weight is 298 g/mol. The second kappa shape index (κ2) is 7.73. The van der Waals surface area contributed by atoms with Crippen LogP contribution in [0.5, 0.6) is 0 Å². The summed E-state index contributed by atoms with van der Waals surface area (Å²) in [5.41, 5.74) is 2.55. The van der Waals surface area contributed by atoms with Gasteiger partial charge in [0.2, 0.25) is 0 Å². The van der Waals surface area contributed by atoms with Crippen LogP contribution in [0.15, 0.2) is 54.6 Å². The number of amides is 1. The van der Waals surface area contributed by atoms with Crippen molar-refractivity contribution in [3.05, 3.63) is 71.3 Å². The number of carbonyl (C=O) groups excluding carboxylic acids is 1. The van der Waals surface area contributed by atoms with Gasteiger partial charge in [0.15, 0.2) is 0 Å². The summed E-state index contributed by atoms with van der Waals surface area (Å²) in [6.45, 7) is 1.04. The molecule has 0 spiro atoms. The number of hydrogen-bond donors (Lipinski definition) is 2. The lowest BCUT2D eigenvalue weighted by Crippen LogP contribution is -2.28. The van der Waals surface area contributed by atoms with Crippen LogP contribution in [-0.4, -0.2) is 36.6 Å². The van der Waals surface area contributed by atoms with Crippen LogP contribution in [0.25, 0.3) is 0 Å². The first-order chi connectivity index (χ1) is 10.6. The highest BCUT2D eigenvalue weighted by molar-refractivity contribution is 5.94. The minimum Gasteiger partial charge on any atom is -0.387 e. The molecule has 0 saturated heterocycles. The molecule has 116 valence electrons. The lowest BCUT2D eigenvalue weighted by Gasteiger charge is -2.13. The molecule has 0 radical (unpaired) electrons. The molecule has 0 fully saturated rings. The van der Waals surface area contributed by atoms with Crippen LogP contribution in [0.4, 0.5) is 0 Å². The largest absolute Gasteiger partial charge is 0.387 e. The van der Waals surface area contributed by atoms with E-state index in [1.54, 1.807) is 0 Å². The zero-order chi connectivity index (χ0) is 15.9. The van der Waals surface area contributed by atoms with Gasteiger partial charge in [-0.1, -0.05) is 42.5 Å². The zero-order valence-electron chi connectivity index (χ0n) is 13.0. The maximum atomic E-state index is 12.1. The summed E-state index contributed by atoms with van der Waals surface area (Å²) in [5.74, 6) is -0.175. The van der Waals surface area contributed by atoms with Gasteiger partial charge in [-0.15, -0.1) is 0 Å². The molecule has 1 amide bonds. The first-order valence-electron chi connectivity index (χ1n) is 7.31. The predicted octanol–water partition coefficient (Wildman–Crippen LogP) is 2.21. The molecule has 1 atom stereocenters. The molecular formula is C18H22N2O2. The topological polar surface area (TPSA) is 52.6 Å². The van der Waals surface area contributed by atoms with Crippen molar-refractivity contribution in [1.82, 2.24) is 10.2 Å². The van der Waals surface area contributed by atoms with Gasteiger partial charge >= 0.3 is 0 Å². The summed E-state index contributed by atoms with van der Waals surface area (Å²) in [7, 11) is 4.01. The summed E-state index contributed by atoms with van der Waals surface area (Å²) in [5, 5.41) is 12.8. The Balaban J connectivity index is 1.89. The Morgan fingerprint density at radius 1 is 1.09 bits per heavy atom. The number of aliphatic hydroxyl groups is 1. The van der Waals surface area contributed by atoms with Crippen molar-refractivity contribution in [2.75, 3.05) is 20.6 Å². The molecule has 4 nitrogen and oxygen atoms in total. The Labute approximate surface area is 131 Å². The zero-order valence-corrected chi connectivity index (χ0v) is 13.0. The quantitative estimate of drug-likeness (QED) is 0.860. The number of hydrogen-bond acceptors (Lipinski definition) is 3. The van der Waals surface area contributed by atoms with Crippen LogP contribution >= 0.6 is 0 Å². The summed E-state index contributed by atoms with van der Waals surface area (Å²) >= 11 is 0. The van der Waals surface area contributed by atoms with E-state index in [4.69, 9.17) is 0 Å². The predicted molar refractivity (Wildman–Crippen MR) is 87.6 cm³/mol. The Morgan fingerprint density at radius 3 is 2.32 bits per heavy atom. The standard InChI is InChI=1S/C18H22N2O2/c1-20(2)13-14-8-10-16(11-9-14)18(22)19-12-17(21)15-6-4-3-5-7-15/h3-11,17,21H,12-13H2,1-2H3,(H,19,22). The highest BCUT2D eigenvalue weighted by Gasteiger charge is 2.10. The molecule has 0 aliphatic heterocycles. The van der Waals surface area contributed by atoms with Crippen molar-refractivity contribution in [2.24, 2.45) is 0 Å². The molecule has 2 rings (SSSR count). The van der Waals surface area contributed by atoms with E-state index in [0.29, 0.717) is 5.56 Å². The molecule has 4 heteroatoms.